The molecule has 4 rings (SSSR count). The van der Waals surface area contributed by atoms with E-state index < -0.39 is 162 Å². The molecule has 4 aliphatic heterocycles. The number of hydrogen-bond donors (Lipinski definition) is 14. The Kier molecular flexibility index (Phi) is 12.9. The third-order valence-electron chi connectivity index (χ3n) is 9.10. The first kappa shape index (κ1) is 39.0. The first-order valence-corrected chi connectivity index (χ1v) is 14.9. The molecule has 0 radical (unpaired) electrons. The number of aliphatic hydroxyl groups is 14. The average molecular weight is 695 g/mol. The quantitative estimate of drug-likeness (QED) is 0.0756. The van der Waals surface area contributed by atoms with Crippen molar-refractivity contribution in [3.05, 3.63) is 0 Å². The Balaban J connectivity index is 1.56. The molecule has 5 unspecified atom stereocenters. The number of rotatable bonds is 15. The maximum absolute atomic E-state index is 11.0. The highest BCUT2D eigenvalue weighted by molar-refractivity contribution is 5.05. The zero-order chi connectivity index (χ0) is 34.9. The van der Waals surface area contributed by atoms with Crippen LogP contribution in [0.1, 0.15) is 0 Å². The van der Waals surface area contributed by atoms with Gasteiger partial charge in [-0.2, -0.15) is 0 Å². The Hall–Kier alpha value is -0.840. The van der Waals surface area contributed by atoms with Crippen molar-refractivity contribution in [2.45, 2.75) is 103 Å². The summed E-state index contributed by atoms with van der Waals surface area (Å²) >= 11 is 0. The van der Waals surface area contributed by atoms with Crippen molar-refractivity contribution in [3.8, 4) is 0 Å². The van der Waals surface area contributed by atoms with E-state index in [9.17, 15) is 71.5 Å². The summed E-state index contributed by atoms with van der Waals surface area (Å²) in [7, 11) is 0. The smallest absolute Gasteiger partial charge is 0.222 e. The standard InChI is InChI=1S/C26H46O21/c27-1-10-15(32)20(37)16(33)14(44-10)5-41-7-24(21(38)17(34)11(2-28)45-24)8-42-26(23(40)19(36)13(4-30)47-26)9-43-25(6-31)22(39)18(35)12(3-29)46-25/h10-23,27-40H,1-9H2/t10?,11-,12-,13-,14-,15-,16?,17?,18?,19?,20-,21-,22-,23-,24-,25-,26-/m1/s1. The van der Waals surface area contributed by atoms with Gasteiger partial charge < -0.3 is 105 Å². The molecular formula is C26H46O21. The Morgan fingerprint density at radius 1 is 0.447 bits per heavy atom. The van der Waals surface area contributed by atoms with E-state index in [4.69, 9.17) is 33.2 Å². The van der Waals surface area contributed by atoms with Gasteiger partial charge in [-0.3, -0.25) is 0 Å². The number of ether oxygens (including phenoxy) is 7. The minimum absolute atomic E-state index is 0.541. The van der Waals surface area contributed by atoms with E-state index in [1.807, 2.05) is 0 Å². The molecule has 0 aromatic carbocycles. The van der Waals surface area contributed by atoms with E-state index in [2.05, 4.69) is 0 Å². The van der Waals surface area contributed by atoms with Gasteiger partial charge in [0, 0.05) is 0 Å². The lowest BCUT2D eigenvalue weighted by atomic mass is 9.94. The van der Waals surface area contributed by atoms with Gasteiger partial charge in [0.15, 0.2) is 0 Å². The van der Waals surface area contributed by atoms with E-state index in [0.717, 1.165) is 0 Å². The third-order valence-corrected chi connectivity index (χ3v) is 9.10. The SMILES string of the molecule is OCC1O[C@H](COC[C@]2(CO[C@]3(CO[C@]4(CO)O[C@H](CO)C(O)[C@H]4O)O[C@H](CO)C(O)[C@H]3O)O[C@H](CO)C(O)[C@H]2O)C(O)[C@H](O)[C@@H]1O. The van der Waals surface area contributed by atoms with Crippen LogP contribution in [0.5, 0.6) is 0 Å². The van der Waals surface area contributed by atoms with Crippen LogP contribution in [0.2, 0.25) is 0 Å². The summed E-state index contributed by atoms with van der Waals surface area (Å²) in [6.45, 7) is -7.38. The van der Waals surface area contributed by atoms with Gasteiger partial charge in [-0.1, -0.05) is 0 Å². The summed E-state index contributed by atoms with van der Waals surface area (Å²) in [4.78, 5) is 0. The fraction of sp³-hybridized carbons (Fsp3) is 1.00. The first-order valence-electron chi connectivity index (χ1n) is 14.9. The molecule has 0 aliphatic carbocycles. The highest BCUT2D eigenvalue weighted by Crippen LogP contribution is 2.40. The molecule has 17 atom stereocenters. The molecule has 276 valence electrons. The lowest BCUT2D eigenvalue weighted by Gasteiger charge is -2.41. The van der Waals surface area contributed by atoms with Crippen molar-refractivity contribution in [2.24, 2.45) is 0 Å². The van der Waals surface area contributed by atoms with Gasteiger partial charge in [-0.25, -0.2) is 0 Å². The van der Waals surface area contributed by atoms with Crippen LogP contribution in [0.15, 0.2) is 0 Å². The van der Waals surface area contributed by atoms with Crippen molar-refractivity contribution in [2.75, 3.05) is 59.5 Å². The van der Waals surface area contributed by atoms with Crippen molar-refractivity contribution < 1.29 is 105 Å². The molecule has 21 heteroatoms. The van der Waals surface area contributed by atoms with Crippen molar-refractivity contribution in [3.63, 3.8) is 0 Å². The highest BCUT2D eigenvalue weighted by Gasteiger charge is 2.62. The fourth-order valence-corrected chi connectivity index (χ4v) is 6.10. The van der Waals surface area contributed by atoms with Gasteiger partial charge >= 0.3 is 0 Å². The van der Waals surface area contributed by atoms with Crippen molar-refractivity contribution in [1.82, 2.24) is 0 Å². The third kappa shape index (κ3) is 7.19. The van der Waals surface area contributed by atoms with E-state index in [0.29, 0.717) is 0 Å². The molecule has 14 N–H and O–H groups in total. The van der Waals surface area contributed by atoms with Crippen LogP contribution in [0.3, 0.4) is 0 Å². The second-order valence-corrected chi connectivity index (χ2v) is 12.1. The molecule has 4 heterocycles. The summed E-state index contributed by atoms with van der Waals surface area (Å²) in [5.74, 6) is -4.90. The van der Waals surface area contributed by atoms with Gasteiger partial charge in [0.25, 0.3) is 0 Å². The van der Waals surface area contributed by atoms with E-state index >= 15 is 0 Å². The van der Waals surface area contributed by atoms with Gasteiger partial charge in [0.1, 0.15) is 104 Å². The molecule has 47 heavy (non-hydrogen) atoms. The monoisotopic (exact) mass is 694 g/mol. The second-order valence-electron chi connectivity index (χ2n) is 12.1. The zero-order valence-electron chi connectivity index (χ0n) is 25.1. The van der Waals surface area contributed by atoms with Crippen LogP contribution < -0.4 is 0 Å². The summed E-state index contributed by atoms with van der Waals surface area (Å²) < 4.78 is 39.1. The van der Waals surface area contributed by atoms with Gasteiger partial charge in [-0.15, -0.1) is 0 Å². The summed E-state index contributed by atoms with van der Waals surface area (Å²) in [6.07, 6.45) is -23.0. The highest BCUT2D eigenvalue weighted by atomic mass is 16.8. The molecule has 0 spiro atoms. The van der Waals surface area contributed by atoms with E-state index in [-0.39, 0.29) is 0 Å². The predicted molar refractivity (Wildman–Crippen MR) is 144 cm³/mol. The molecule has 21 nitrogen and oxygen atoms in total. The Morgan fingerprint density at radius 3 is 1.43 bits per heavy atom. The minimum Gasteiger partial charge on any atom is -0.394 e. The van der Waals surface area contributed by atoms with Crippen LogP contribution in [-0.4, -0.2) is 234 Å². The molecule has 0 amide bonds. The zero-order valence-corrected chi connectivity index (χ0v) is 25.1. The summed E-state index contributed by atoms with van der Waals surface area (Å²) in [5, 5.41) is 143. The maximum Gasteiger partial charge on any atom is 0.222 e. The van der Waals surface area contributed by atoms with Crippen LogP contribution in [0.25, 0.3) is 0 Å². The summed E-state index contributed by atoms with van der Waals surface area (Å²) in [5.41, 5.74) is -2.12. The van der Waals surface area contributed by atoms with Gasteiger partial charge in [0.2, 0.25) is 11.6 Å². The summed E-state index contributed by atoms with van der Waals surface area (Å²) in [6, 6.07) is 0. The topological polar surface area (TPSA) is 348 Å². The number of aliphatic hydroxyl groups excluding tert-OH is 14. The van der Waals surface area contributed by atoms with Crippen molar-refractivity contribution in [1.29, 1.82) is 0 Å². The van der Waals surface area contributed by atoms with Crippen molar-refractivity contribution >= 4 is 0 Å². The Bertz CT molecular complexity index is 994. The molecule has 4 fully saturated rings. The molecule has 4 aliphatic rings. The maximum atomic E-state index is 11.0. The normalized spacial score (nSPS) is 50.4. The fourth-order valence-electron chi connectivity index (χ4n) is 6.10. The second kappa shape index (κ2) is 15.6. The first-order chi connectivity index (χ1) is 22.2. The van der Waals surface area contributed by atoms with Gasteiger partial charge in [0.05, 0.1) is 46.2 Å². The largest absolute Gasteiger partial charge is 0.394 e. The average Bonchev–Trinajstić information content (AvgIpc) is 3.58. The molecule has 0 saturated carbocycles. The minimum atomic E-state index is -2.50. The molecular weight excluding hydrogens is 648 g/mol. The lowest BCUT2D eigenvalue weighted by Crippen LogP contribution is -2.60. The predicted octanol–water partition coefficient (Wildman–Crippen LogP) is -9.66. The Morgan fingerprint density at radius 2 is 0.915 bits per heavy atom. The molecule has 0 aromatic heterocycles. The molecule has 0 bridgehead atoms. The Labute approximate surface area is 267 Å². The number of hydrogen-bond acceptors (Lipinski definition) is 21. The lowest BCUT2D eigenvalue weighted by molar-refractivity contribution is -0.348. The van der Waals surface area contributed by atoms with Crippen LogP contribution in [0.4, 0.5) is 0 Å². The van der Waals surface area contributed by atoms with Gasteiger partial charge in [-0.05, 0) is 0 Å². The van der Waals surface area contributed by atoms with E-state index in [1.165, 1.54) is 0 Å². The van der Waals surface area contributed by atoms with Crippen LogP contribution >= 0.6 is 0 Å². The van der Waals surface area contributed by atoms with E-state index in [1.54, 1.807) is 0 Å². The molecule has 4 saturated heterocycles. The van der Waals surface area contributed by atoms with Crippen LogP contribution in [0, 0.1) is 0 Å². The molecule has 0 aromatic rings. The van der Waals surface area contributed by atoms with Crippen LogP contribution in [-0.2, 0) is 33.2 Å².